The van der Waals surface area contributed by atoms with E-state index in [-0.39, 0.29) is 24.2 Å². The number of benzene rings is 1. The monoisotopic (exact) mass is 261 g/mol. The lowest BCUT2D eigenvalue weighted by Gasteiger charge is -2.15. The van der Waals surface area contributed by atoms with Gasteiger partial charge in [0.2, 0.25) is 5.75 Å². The highest BCUT2D eigenvalue weighted by molar-refractivity contribution is 5.85. The standard InChI is InChI=1S/C12H19NO3.ClH/c1-4-5-9(13)8-6-10(15-2)12(14)11(7-8)16-3;/h6-7,9,14H,4-5,13H2,1-3H3;1H/t9-;/m0./s1. The molecule has 1 aromatic carbocycles. The molecule has 0 bridgehead atoms. The SMILES string of the molecule is CCC[C@H](N)c1cc(OC)c(O)c(OC)c1.Cl. The van der Waals surface area contributed by atoms with Crippen molar-refractivity contribution in [2.45, 2.75) is 25.8 Å². The van der Waals surface area contributed by atoms with Crippen LogP contribution in [0.3, 0.4) is 0 Å². The van der Waals surface area contributed by atoms with Crippen LogP contribution in [-0.4, -0.2) is 19.3 Å². The van der Waals surface area contributed by atoms with E-state index < -0.39 is 0 Å². The topological polar surface area (TPSA) is 64.7 Å². The number of hydrogen-bond donors (Lipinski definition) is 2. The largest absolute Gasteiger partial charge is 0.502 e. The highest BCUT2D eigenvalue weighted by atomic mass is 35.5. The smallest absolute Gasteiger partial charge is 0.200 e. The second-order valence-electron chi connectivity index (χ2n) is 3.67. The van der Waals surface area contributed by atoms with Gasteiger partial charge in [-0.05, 0) is 24.1 Å². The lowest BCUT2D eigenvalue weighted by Crippen LogP contribution is -2.10. The molecule has 17 heavy (non-hydrogen) atoms. The molecule has 0 aromatic heterocycles. The molecule has 1 rings (SSSR count). The molecule has 0 saturated carbocycles. The number of methoxy groups -OCH3 is 2. The van der Waals surface area contributed by atoms with Gasteiger partial charge in [-0.2, -0.15) is 0 Å². The molecule has 5 heteroatoms. The molecule has 0 fully saturated rings. The molecule has 0 saturated heterocycles. The van der Waals surface area contributed by atoms with Gasteiger partial charge in [0.1, 0.15) is 0 Å². The summed E-state index contributed by atoms with van der Waals surface area (Å²) < 4.78 is 10.1. The highest BCUT2D eigenvalue weighted by Gasteiger charge is 2.14. The van der Waals surface area contributed by atoms with Gasteiger partial charge in [0.25, 0.3) is 0 Å². The number of ether oxygens (including phenoxy) is 2. The molecule has 0 spiro atoms. The van der Waals surface area contributed by atoms with Crippen LogP contribution >= 0.6 is 12.4 Å². The van der Waals surface area contributed by atoms with Crippen LogP contribution in [0.4, 0.5) is 0 Å². The average Bonchev–Trinajstić information content (AvgIpc) is 2.29. The molecule has 4 nitrogen and oxygen atoms in total. The number of hydrogen-bond acceptors (Lipinski definition) is 4. The Morgan fingerprint density at radius 3 is 2.06 bits per heavy atom. The van der Waals surface area contributed by atoms with Crippen molar-refractivity contribution in [3.63, 3.8) is 0 Å². The Morgan fingerprint density at radius 1 is 1.24 bits per heavy atom. The average molecular weight is 262 g/mol. The van der Waals surface area contributed by atoms with E-state index in [1.165, 1.54) is 14.2 Å². The number of aromatic hydroxyl groups is 1. The summed E-state index contributed by atoms with van der Waals surface area (Å²) >= 11 is 0. The Bertz CT molecular complexity index is 333. The number of nitrogens with two attached hydrogens (primary N) is 1. The van der Waals surface area contributed by atoms with E-state index >= 15 is 0 Å². The van der Waals surface area contributed by atoms with E-state index in [2.05, 4.69) is 6.92 Å². The zero-order valence-electron chi connectivity index (χ0n) is 10.4. The molecule has 98 valence electrons. The minimum Gasteiger partial charge on any atom is -0.502 e. The second kappa shape index (κ2) is 7.25. The zero-order chi connectivity index (χ0) is 12.1. The Hall–Kier alpha value is -1.13. The third-order valence-corrected chi connectivity index (χ3v) is 2.53. The van der Waals surface area contributed by atoms with Gasteiger partial charge in [-0.15, -0.1) is 12.4 Å². The summed E-state index contributed by atoms with van der Waals surface area (Å²) in [5.74, 6) is 0.791. The van der Waals surface area contributed by atoms with Gasteiger partial charge in [0.15, 0.2) is 11.5 Å². The van der Waals surface area contributed by atoms with Gasteiger partial charge >= 0.3 is 0 Å². The Labute approximate surface area is 108 Å². The first-order valence-corrected chi connectivity index (χ1v) is 5.34. The van der Waals surface area contributed by atoms with Crippen LogP contribution in [0.25, 0.3) is 0 Å². The zero-order valence-corrected chi connectivity index (χ0v) is 11.2. The first kappa shape index (κ1) is 15.9. The van der Waals surface area contributed by atoms with E-state index in [0.717, 1.165) is 18.4 Å². The van der Waals surface area contributed by atoms with Gasteiger partial charge in [0, 0.05) is 6.04 Å². The summed E-state index contributed by atoms with van der Waals surface area (Å²) in [6.45, 7) is 2.08. The van der Waals surface area contributed by atoms with Crippen LogP contribution in [0.15, 0.2) is 12.1 Å². The predicted molar refractivity (Wildman–Crippen MR) is 70.3 cm³/mol. The molecule has 0 unspecified atom stereocenters. The van der Waals surface area contributed by atoms with Gasteiger partial charge in [0.05, 0.1) is 14.2 Å². The van der Waals surface area contributed by atoms with Crippen molar-refractivity contribution in [2.75, 3.05) is 14.2 Å². The van der Waals surface area contributed by atoms with Crippen LogP contribution in [0.2, 0.25) is 0 Å². The highest BCUT2D eigenvalue weighted by Crippen LogP contribution is 2.38. The molecule has 0 radical (unpaired) electrons. The third kappa shape index (κ3) is 3.68. The molecule has 0 amide bonds. The number of halogens is 1. The van der Waals surface area contributed by atoms with E-state index in [9.17, 15) is 5.11 Å². The van der Waals surface area contributed by atoms with Crippen molar-refractivity contribution in [3.05, 3.63) is 17.7 Å². The van der Waals surface area contributed by atoms with E-state index in [0.29, 0.717) is 11.5 Å². The first-order chi connectivity index (χ1) is 7.63. The van der Waals surface area contributed by atoms with Gasteiger partial charge in [-0.3, -0.25) is 0 Å². The molecular weight excluding hydrogens is 242 g/mol. The summed E-state index contributed by atoms with van der Waals surface area (Å²) in [6, 6.07) is 3.43. The van der Waals surface area contributed by atoms with Crippen molar-refractivity contribution >= 4 is 12.4 Å². The summed E-state index contributed by atoms with van der Waals surface area (Å²) in [5.41, 5.74) is 6.92. The maximum absolute atomic E-state index is 9.73. The number of phenols is 1. The third-order valence-electron chi connectivity index (χ3n) is 2.53. The van der Waals surface area contributed by atoms with Crippen molar-refractivity contribution < 1.29 is 14.6 Å². The van der Waals surface area contributed by atoms with Crippen molar-refractivity contribution in [1.82, 2.24) is 0 Å². The van der Waals surface area contributed by atoms with E-state index in [1.54, 1.807) is 12.1 Å². The van der Waals surface area contributed by atoms with Crippen molar-refractivity contribution in [2.24, 2.45) is 5.73 Å². The van der Waals surface area contributed by atoms with Crippen LogP contribution in [-0.2, 0) is 0 Å². The molecule has 3 N–H and O–H groups in total. The van der Waals surface area contributed by atoms with Crippen molar-refractivity contribution in [3.8, 4) is 17.2 Å². The quantitative estimate of drug-likeness (QED) is 0.855. The summed E-state index contributed by atoms with van der Waals surface area (Å²) in [7, 11) is 3.01. The van der Waals surface area contributed by atoms with E-state index in [4.69, 9.17) is 15.2 Å². The minimum absolute atomic E-state index is 0. The maximum atomic E-state index is 9.73. The van der Waals surface area contributed by atoms with Crippen molar-refractivity contribution in [1.29, 1.82) is 0 Å². The molecular formula is C12H20ClNO3. The Balaban J connectivity index is 0.00000256. The molecule has 1 atom stereocenters. The fraction of sp³-hybridized carbons (Fsp3) is 0.500. The lowest BCUT2D eigenvalue weighted by molar-refractivity contribution is 0.338. The lowest BCUT2D eigenvalue weighted by atomic mass is 10.0. The summed E-state index contributed by atoms with van der Waals surface area (Å²) in [4.78, 5) is 0. The van der Waals surface area contributed by atoms with Gasteiger partial charge < -0.3 is 20.3 Å². The molecule has 0 heterocycles. The first-order valence-electron chi connectivity index (χ1n) is 5.34. The summed E-state index contributed by atoms with van der Waals surface area (Å²) in [6.07, 6.45) is 1.89. The Kier molecular flexibility index (Phi) is 6.76. The van der Waals surface area contributed by atoms with Crippen LogP contribution in [0.5, 0.6) is 17.2 Å². The Morgan fingerprint density at radius 2 is 1.71 bits per heavy atom. The molecule has 0 aliphatic heterocycles. The fourth-order valence-electron chi connectivity index (χ4n) is 1.61. The second-order valence-corrected chi connectivity index (χ2v) is 3.67. The molecule has 1 aromatic rings. The van der Waals surface area contributed by atoms with Gasteiger partial charge in [-0.1, -0.05) is 13.3 Å². The van der Waals surface area contributed by atoms with E-state index in [1.807, 2.05) is 0 Å². The summed E-state index contributed by atoms with van der Waals surface area (Å²) in [5, 5.41) is 9.73. The van der Waals surface area contributed by atoms with Crippen LogP contribution in [0, 0.1) is 0 Å². The maximum Gasteiger partial charge on any atom is 0.200 e. The van der Waals surface area contributed by atoms with Crippen LogP contribution in [0.1, 0.15) is 31.4 Å². The van der Waals surface area contributed by atoms with Gasteiger partial charge in [-0.25, -0.2) is 0 Å². The number of phenolic OH excluding ortho intramolecular Hbond substituents is 1. The predicted octanol–water partition coefficient (Wildman–Crippen LogP) is 2.63. The number of rotatable bonds is 5. The fourth-order valence-corrected chi connectivity index (χ4v) is 1.61. The normalized spacial score (nSPS) is 11.5. The molecule has 0 aliphatic carbocycles. The van der Waals surface area contributed by atoms with Crippen LogP contribution < -0.4 is 15.2 Å². The minimum atomic E-state index is -0.0617. The molecule has 0 aliphatic rings.